The lowest BCUT2D eigenvalue weighted by molar-refractivity contribution is -0.136. The first kappa shape index (κ1) is 16.2. The van der Waals surface area contributed by atoms with Crippen molar-refractivity contribution in [1.29, 1.82) is 0 Å². The molecule has 0 fully saturated rings. The predicted octanol–water partition coefficient (Wildman–Crippen LogP) is 2.96. The van der Waals surface area contributed by atoms with Crippen LogP contribution in [0.25, 0.3) is 0 Å². The summed E-state index contributed by atoms with van der Waals surface area (Å²) in [5.74, 6) is -0.528. The SMILES string of the molecule is Cc1cc(C)c(C)c(OCC(=O)c2nc(CC(=O)O)cs2)c1. The van der Waals surface area contributed by atoms with E-state index in [2.05, 4.69) is 11.1 Å². The van der Waals surface area contributed by atoms with Gasteiger partial charge in [-0.25, -0.2) is 4.98 Å². The summed E-state index contributed by atoms with van der Waals surface area (Å²) in [6.07, 6.45) is -0.180. The molecule has 0 amide bonds. The van der Waals surface area contributed by atoms with E-state index in [-0.39, 0.29) is 23.8 Å². The van der Waals surface area contributed by atoms with Crippen LogP contribution in [0.1, 0.15) is 32.2 Å². The number of ketones is 1. The van der Waals surface area contributed by atoms with Crippen LogP contribution in [-0.2, 0) is 11.2 Å². The van der Waals surface area contributed by atoms with Gasteiger partial charge in [-0.15, -0.1) is 11.3 Å². The first-order valence-electron chi connectivity index (χ1n) is 6.77. The summed E-state index contributed by atoms with van der Waals surface area (Å²) in [6, 6.07) is 3.95. The molecule has 1 heterocycles. The van der Waals surface area contributed by atoms with Gasteiger partial charge in [-0.2, -0.15) is 0 Å². The summed E-state index contributed by atoms with van der Waals surface area (Å²) in [7, 11) is 0. The Kier molecular flexibility index (Phi) is 4.92. The molecule has 0 atom stereocenters. The third-order valence-electron chi connectivity index (χ3n) is 3.25. The average molecular weight is 319 g/mol. The summed E-state index contributed by atoms with van der Waals surface area (Å²) < 4.78 is 5.61. The number of benzene rings is 1. The van der Waals surface area contributed by atoms with Crippen LogP contribution in [0.2, 0.25) is 0 Å². The molecule has 0 aliphatic rings. The largest absolute Gasteiger partial charge is 0.485 e. The summed E-state index contributed by atoms with van der Waals surface area (Å²) >= 11 is 1.14. The molecular formula is C16H17NO4S. The number of carbonyl (C=O) groups is 2. The van der Waals surface area contributed by atoms with Gasteiger partial charge in [0, 0.05) is 5.38 Å². The summed E-state index contributed by atoms with van der Waals surface area (Å²) in [6.45, 7) is 5.81. The zero-order chi connectivity index (χ0) is 16.3. The molecule has 22 heavy (non-hydrogen) atoms. The zero-order valence-electron chi connectivity index (χ0n) is 12.7. The standard InChI is InChI=1S/C16H17NO4S/c1-9-4-10(2)11(3)14(5-9)21-7-13(18)16-17-12(8-22-16)6-15(19)20/h4-5,8H,6-7H2,1-3H3,(H,19,20). The fraction of sp³-hybridized carbons (Fsp3) is 0.312. The number of carboxylic acids is 1. The molecule has 116 valence electrons. The number of rotatable bonds is 6. The molecule has 1 aromatic carbocycles. The van der Waals surface area contributed by atoms with Crippen molar-refractivity contribution in [3.8, 4) is 5.75 Å². The summed E-state index contributed by atoms with van der Waals surface area (Å²) in [4.78, 5) is 26.7. The molecule has 6 heteroatoms. The van der Waals surface area contributed by atoms with Crippen LogP contribution >= 0.6 is 11.3 Å². The second-order valence-corrected chi connectivity index (χ2v) is 5.99. The van der Waals surface area contributed by atoms with Gasteiger partial charge in [-0.05, 0) is 43.5 Å². The number of thiazole rings is 1. The second kappa shape index (κ2) is 6.70. The topological polar surface area (TPSA) is 76.5 Å². The van der Waals surface area contributed by atoms with Crippen LogP contribution < -0.4 is 4.74 Å². The smallest absolute Gasteiger partial charge is 0.309 e. The van der Waals surface area contributed by atoms with Crippen molar-refractivity contribution in [3.63, 3.8) is 0 Å². The van der Waals surface area contributed by atoms with Crippen molar-refractivity contribution in [1.82, 2.24) is 4.98 Å². The molecule has 0 unspecified atom stereocenters. The van der Waals surface area contributed by atoms with Crippen molar-refractivity contribution in [2.24, 2.45) is 0 Å². The Bertz CT molecular complexity index is 721. The highest BCUT2D eigenvalue weighted by Crippen LogP contribution is 2.23. The van der Waals surface area contributed by atoms with Gasteiger partial charge < -0.3 is 9.84 Å². The van der Waals surface area contributed by atoms with E-state index in [0.29, 0.717) is 11.4 Å². The predicted molar refractivity (Wildman–Crippen MR) is 83.9 cm³/mol. The van der Waals surface area contributed by atoms with E-state index in [9.17, 15) is 9.59 Å². The Hall–Kier alpha value is -2.21. The van der Waals surface area contributed by atoms with Gasteiger partial charge in [0.1, 0.15) is 5.75 Å². The highest BCUT2D eigenvalue weighted by molar-refractivity contribution is 7.11. The summed E-state index contributed by atoms with van der Waals surface area (Å²) in [5, 5.41) is 10.6. The molecule has 0 spiro atoms. The number of carboxylic acid groups (broad SMARTS) is 1. The molecule has 5 nitrogen and oxygen atoms in total. The Morgan fingerprint density at radius 2 is 2.00 bits per heavy atom. The first-order valence-corrected chi connectivity index (χ1v) is 7.65. The number of aliphatic carboxylic acids is 1. The molecule has 0 bridgehead atoms. The Morgan fingerprint density at radius 1 is 1.27 bits per heavy atom. The van der Waals surface area contributed by atoms with Gasteiger partial charge >= 0.3 is 5.97 Å². The van der Waals surface area contributed by atoms with Gasteiger partial charge in [0.15, 0.2) is 11.6 Å². The lowest BCUT2D eigenvalue weighted by Gasteiger charge is -2.11. The monoisotopic (exact) mass is 319 g/mol. The zero-order valence-corrected chi connectivity index (χ0v) is 13.5. The van der Waals surface area contributed by atoms with E-state index in [1.54, 1.807) is 5.38 Å². The Labute approximate surface area is 132 Å². The Balaban J connectivity index is 2.04. The number of carbonyl (C=O) groups excluding carboxylic acids is 1. The van der Waals surface area contributed by atoms with Crippen molar-refractivity contribution in [2.75, 3.05) is 6.61 Å². The fourth-order valence-electron chi connectivity index (χ4n) is 2.03. The number of hydrogen-bond acceptors (Lipinski definition) is 5. The number of hydrogen-bond donors (Lipinski definition) is 1. The molecule has 0 saturated heterocycles. The molecular weight excluding hydrogens is 302 g/mol. The first-order chi connectivity index (χ1) is 10.4. The molecule has 0 saturated carbocycles. The van der Waals surface area contributed by atoms with Gasteiger partial charge in [0.2, 0.25) is 5.78 Å². The lowest BCUT2D eigenvalue weighted by atomic mass is 10.1. The van der Waals surface area contributed by atoms with E-state index in [1.807, 2.05) is 26.8 Å². The van der Waals surface area contributed by atoms with Crippen LogP contribution in [0, 0.1) is 20.8 Å². The van der Waals surface area contributed by atoms with E-state index < -0.39 is 5.97 Å². The van der Waals surface area contributed by atoms with E-state index >= 15 is 0 Å². The van der Waals surface area contributed by atoms with Crippen LogP contribution in [-0.4, -0.2) is 28.4 Å². The maximum Gasteiger partial charge on any atom is 0.309 e. The van der Waals surface area contributed by atoms with Crippen molar-refractivity contribution >= 4 is 23.1 Å². The van der Waals surface area contributed by atoms with Crippen LogP contribution in [0.15, 0.2) is 17.5 Å². The third kappa shape index (κ3) is 3.92. The normalized spacial score (nSPS) is 10.5. The molecule has 0 aliphatic heterocycles. The maximum absolute atomic E-state index is 12.1. The van der Waals surface area contributed by atoms with Crippen molar-refractivity contribution in [3.05, 3.63) is 44.9 Å². The van der Waals surface area contributed by atoms with E-state index in [4.69, 9.17) is 9.84 Å². The summed E-state index contributed by atoms with van der Waals surface area (Å²) in [5.41, 5.74) is 3.58. The minimum atomic E-state index is -0.966. The number of aromatic nitrogens is 1. The Morgan fingerprint density at radius 3 is 2.68 bits per heavy atom. The lowest BCUT2D eigenvalue weighted by Crippen LogP contribution is -2.12. The second-order valence-electron chi connectivity index (χ2n) is 5.13. The average Bonchev–Trinajstić information content (AvgIpc) is 2.88. The minimum Gasteiger partial charge on any atom is -0.485 e. The quantitative estimate of drug-likeness (QED) is 0.828. The number of Topliss-reactive ketones (excluding diaryl/α,β-unsaturated/α-hetero) is 1. The van der Waals surface area contributed by atoms with E-state index in [0.717, 1.165) is 28.0 Å². The molecule has 1 aromatic heterocycles. The minimum absolute atomic E-state index is 0.107. The van der Waals surface area contributed by atoms with Gasteiger partial charge in [-0.1, -0.05) is 6.07 Å². The fourth-order valence-corrected chi connectivity index (χ4v) is 2.77. The molecule has 2 rings (SSSR count). The van der Waals surface area contributed by atoms with Crippen LogP contribution in [0.5, 0.6) is 5.75 Å². The highest BCUT2D eigenvalue weighted by atomic mass is 32.1. The van der Waals surface area contributed by atoms with Crippen LogP contribution in [0.4, 0.5) is 0 Å². The molecule has 1 N–H and O–H groups in total. The third-order valence-corrected chi connectivity index (χ3v) is 4.18. The van der Waals surface area contributed by atoms with Gasteiger partial charge in [-0.3, -0.25) is 9.59 Å². The van der Waals surface area contributed by atoms with E-state index in [1.165, 1.54) is 0 Å². The number of ether oxygens (including phenoxy) is 1. The number of nitrogens with zero attached hydrogens (tertiary/aromatic N) is 1. The molecule has 0 radical (unpaired) electrons. The van der Waals surface area contributed by atoms with Crippen molar-refractivity contribution < 1.29 is 19.4 Å². The van der Waals surface area contributed by atoms with Gasteiger partial charge in [0.05, 0.1) is 12.1 Å². The van der Waals surface area contributed by atoms with Crippen molar-refractivity contribution in [2.45, 2.75) is 27.2 Å². The number of aryl methyl sites for hydroxylation is 2. The maximum atomic E-state index is 12.1. The van der Waals surface area contributed by atoms with Crippen LogP contribution in [0.3, 0.4) is 0 Å². The molecule has 0 aliphatic carbocycles. The molecule has 2 aromatic rings. The van der Waals surface area contributed by atoms with Gasteiger partial charge in [0.25, 0.3) is 0 Å². The highest BCUT2D eigenvalue weighted by Gasteiger charge is 2.14.